The van der Waals surface area contributed by atoms with Crippen LogP contribution in [0.25, 0.3) is 10.9 Å². The molecule has 120 valence electrons. The maximum Gasteiger partial charge on any atom is 0.259 e. The zero-order valence-electron chi connectivity index (χ0n) is 13.5. The summed E-state index contributed by atoms with van der Waals surface area (Å²) in [5, 5.41) is 3.91. The van der Waals surface area contributed by atoms with Gasteiger partial charge in [-0.3, -0.25) is 9.59 Å². The van der Waals surface area contributed by atoms with Crippen LogP contribution >= 0.6 is 0 Å². The fourth-order valence-corrected chi connectivity index (χ4v) is 3.29. The van der Waals surface area contributed by atoms with Gasteiger partial charge in [-0.2, -0.15) is 0 Å². The zero-order valence-corrected chi connectivity index (χ0v) is 13.5. The second-order valence-corrected chi connectivity index (χ2v) is 6.07. The van der Waals surface area contributed by atoms with Gasteiger partial charge < -0.3 is 14.8 Å². The topological polar surface area (TPSA) is 54.3 Å². The fourth-order valence-electron chi connectivity index (χ4n) is 3.29. The third kappa shape index (κ3) is 2.17. The number of hydrogen-bond acceptors (Lipinski definition) is 2. The molecule has 0 radical (unpaired) electrons. The van der Waals surface area contributed by atoms with Gasteiger partial charge in [0.2, 0.25) is 5.91 Å². The van der Waals surface area contributed by atoms with Crippen molar-refractivity contribution >= 4 is 34.1 Å². The molecule has 0 saturated carbocycles. The largest absolute Gasteiger partial charge is 0.351 e. The molecule has 0 fully saturated rings. The van der Waals surface area contributed by atoms with Crippen molar-refractivity contribution in [1.29, 1.82) is 0 Å². The molecule has 1 aliphatic heterocycles. The normalized spacial score (nSPS) is 13.4. The van der Waals surface area contributed by atoms with Crippen molar-refractivity contribution in [2.45, 2.75) is 13.5 Å². The first-order valence-electron chi connectivity index (χ1n) is 7.81. The SMILES string of the molecule is CC(=O)Nc1cccc2c1CN(c1ccc3c(ccn3C)c1)C2=O. The van der Waals surface area contributed by atoms with Crippen molar-refractivity contribution in [1.82, 2.24) is 4.57 Å². The lowest BCUT2D eigenvalue weighted by molar-refractivity contribution is -0.114. The van der Waals surface area contributed by atoms with E-state index in [1.165, 1.54) is 6.92 Å². The number of nitrogens with one attached hydrogen (secondary N) is 1. The van der Waals surface area contributed by atoms with Crippen molar-refractivity contribution in [3.8, 4) is 0 Å². The number of aromatic nitrogens is 1. The van der Waals surface area contributed by atoms with E-state index >= 15 is 0 Å². The summed E-state index contributed by atoms with van der Waals surface area (Å²) in [7, 11) is 2.00. The quantitative estimate of drug-likeness (QED) is 0.788. The molecule has 1 aromatic heterocycles. The monoisotopic (exact) mass is 319 g/mol. The van der Waals surface area contributed by atoms with E-state index in [1.807, 2.05) is 49.6 Å². The summed E-state index contributed by atoms with van der Waals surface area (Å²) in [5.74, 6) is -0.174. The fraction of sp³-hybridized carbons (Fsp3) is 0.158. The number of rotatable bonds is 2. The number of benzene rings is 2. The molecule has 0 atom stereocenters. The van der Waals surface area contributed by atoms with E-state index in [0.29, 0.717) is 17.8 Å². The van der Waals surface area contributed by atoms with Gasteiger partial charge in [-0.25, -0.2) is 0 Å². The Hall–Kier alpha value is -3.08. The molecule has 24 heavy (non-hydrogen) atoms. The maximum atomic E-state index is 12.8. The van der Waals surface area contributed by atoms with E-state index < -0.39 is 0 Å². The molecule has 0 unspecified atom stereocenters. The number of fused-ring (bicyclic) bond motifs is 2. The van der Waals surface area contributed by atoms with Gasteiger partial charge in [0.1, 0.15) is 0 Å². The zero-order chi connectivity index (χ0) is 16.8. The van der Waals surface area contributed by atoms with Crippen molar-refractivity contribution in [3.63, 3.8) is 0 Å². The molecule has 2 heterocycles. The van der Waals surface area contributed by atoms with Crippen molar-refractivity contribution in [2.75, 3.05) is 10.2 Å². The predicted molar refractivity (Wildman–Crippen MR) is 94.2 cm³/mol. The van der Waals surface area contributed by atoms with E-state index in [1.54, 1.807) is 11.0 Å². The summed E-state index contributed by atoms with van der Waals surface area (Å²) >= 11 is 0. The number of carbonyl (C=O) groups is 2. The molecule has 0 spiro atoms. The Bertz CT molecular complexity index is 987. The molecule has 0 aliphatic carbocycles. The molecule has 5 heteroatoms. The number of carbonyl (C=O) groups excluding carboxylic acids is 2. The first-order valence-corrected chi connectivity index (χ1v) is 7.81. The van der Waals surface area contributed by atoms with Crippen LogP contribution in [-0.4, -0.2) is 16.4 Å². The van der Waals surface area contributed by atoms with Gasteiger partial charge in [0.25, 0.3) is 5.91 Å². The van der Waals surface area contributed by atoms with Crippen LogP contribution in [0.5, 0.6) is 0 Å². The van der Waals surface area contributed by atoms with Crippen LogP contribution in [0.3, 0.4) is 0 Å². The minimum atomic E-state index is -0.139. The third-order valence-corrected chi connectivity index (χ3v) is 4.46. The Labute approximate surface area is 139 Å². The lowest BCUT2D eigenvalue weighted by Crippen LogP contribution is -2.22. The number of amides is 2. The molecule has 1 aliphatic rings. The van der Waals surface area contributed by atoms with Crippen LogP contribution < -0.4 is 10.2 Å². The smallest absolute Gasteiger partial charge is 0.259 e. The Balaban J connectivity index is 1.75. The average Bonchev–Trinajstić information content (AvgIpc) is 3.09. The predicted octanol–water partition coefficient (Wildman–Crippen LogP) is 3.30. The Morgan fingerprint density at radius 1 is 1.17 bits per heavy atom. The molecule has 0 saturated heterocycles. The van der Waals surface area contributed by atoms with Crippen LogP contribution in [0.4, 0.5) is 11.4 Å². The van der Waals surface area contributed by atoms with E-state index in [-0.39, 0.29) is 11.8 Å². The lowest BCUT2D eigenvalue weighted by Gasteiger charge is -2.16. The Morgan fingerprint density at radius 3 is 2.79 bits per heavy atom. The summed E-state index contributed by atoms with van der Waals surface area (Å²) in [6.07, 6.45) is 2.00. The highest BCUT2D eigenvalue weighted by Gasteiger charge is 2.30. The van der Waals surface area contributed by atoms with Gasteiger partial charge in [0.15, 0.2) is 0 Å². The van der Waals surface area contributed by atoms with E-state index in [9.17, 15) is 9.59 Å². The van der Waals surface area contributed by atoms with Gasteiger partial charge in [0, 0.05) is 53.6 Å². The number of anilines is 2. The number of hydrogen-bond donors (Lipinski definition) is 1. The van der Waals surface area contributed by atoms with Crippen LogP contribution in [0.2, 0.25) is 0 Å². The van der Waals surface area contributed by atoms with Crippen LogP contribution in [0.15, 0.2) is 48.7 Å². The van der Waals surface area contributed by atoms with Gasteiger partial charge in [-0.15, -0.1) is 0 Å². The molecule has 2 aromatic carbocycles. The van der Waals surface area contributed by atoms with Gasteiger partial charge in [-0.05, 0) is 36.4 Å². The minimum absolute atomic E-state index is 0.0347. The average molecular weight is 319 g/mol. The van der Waals surface area contributed by atoms with E-state index in [4.69, 9.17) is 0 Å². The molecule has 4 rings (SSSR count). The molecular weight excluding hydrogens is 302 g/mol. The number of aryl methyl sites for hydroxylation is 1. The first-order chi connectivity index (χ1) is 11.5. The van der Waals surface area contributed by atoms with E-state index in [0.717, 1.165) is 22.2 Å². The van der Waals surface area contributed by atoms with Gasteiger partial charge in [0.05, 0.1) is 6.54 Å². The second kappa shape index (κ2) is 5.23. The molecule has 0 bridgehead atoms. The molecule has 1 N–H and O–H groups in total. The lowest BCUT2D eigenvalue weighted by atomic mass is 10.1. The second-order valence-electron chi connectivity index (χ2n) is 6.07. The Kier molecular flexibility index (Phi) is 3.16. The van der Waals surface area contributed by atoms with Crippen LogP contribution in [0.1, 0.15) is 22.8 Å². The highest BCUT2D eigenvalue weighted by Crippen LogP contribution is 2.34. The van der Waals surface area contributed by atoms with Crippen molar-refractivity contribution < 1.29 is 9.59 Å². The van der Waals surface area contributed by atoms with E-state index in [2.05, 4.69) is 9.88 Å². The summed E-state index contributed by atoms with van der Waals surface area (Å²) in [4.78, 5) is 25.9. The molecular formula is C19H17N3O2. The minimum Gasteiger partial charge on any atom is -0.351 e. The Morgan fingerprint density at radius 2 is 2.00 bits per heavy atom. The van der Waals surface area contributed by atoms with Crippen molar-refractivity contribution in [2.24, 2.45) is 7.05 Å². The maximum absolute atomic E-state index is 12.8. The van der Waals surface area contributed by atoms with Gasteiger partial charge in [-0.1, -0.05) is 6.07 Å². The summed E-state index contributed by atoms with van der Waals surface area (Å²) in [5.41, 5.74) is 4.21. The molecule has 5 nitrogen and oxygen atoms in total. The van der Waals surface area contributed by atoms with Crippen LogP contribution in [0, 0.1) is 0 Å². The molecule has 3 aromatic rings. The third-order valence-electron chi connectivity index (χ3n) is 4.46. The highest BCUT2D eigenvalue weighted by atomic mass is 16.2. The summed E-state index contributed by atoms with van der Waals surface area (Å²) in [6.45, 7) is 1.93. The highest BCUT2D eigenvalue weighted by molar-refractivity contribution is 6.12. The summed E-state index contributed by atoms with van der Waals surface area (Å²) in [6, 6.07) is 13.5. The summed E-state index contributed by atoms with van der Waals surface area (Å²) < 4.78 is 2.05. The first kappa shape index (κ1) is 14.5. The molecule has 2 amide bonds. The standard InChI is InChI=1S/C19H17N3O2/c1-12(23)20-17-5-3-4-15-16(17)11-22(19(15)24)14-6-7-18-13(10-14)8-9-21(18)2/h3-10H,11H2,1-2H3,(H,20,23). The number of nitrogens with zero attached hydrogens (tertiary/aromatic N) is 2. The van der Waals surface area contributed by atoms with Gasteiger partial charge >= 0.3 is 0 Å². The van der Waals surface area contributed by atoms with Crippen LogP contribution in [-0.2, 0) is 18.4 Å². The van der Waals surface area contributed by atoms with Crippen molar-refractivity contribution in [3.05, 3.63) is 59.8 Å².